The predicted molar refractivity (Wildman–Crippen MR) is 224 cm³/mol. The summed E-state index contributed by atoms with van der Waals surface area (Å²) in [5.41, 5.74) is 8.35. The maximum absolute atomic E-state index is 14.4. The van der Waals surface area contributed by atoms with Crippen LogP contribution in [0.3, 0.4) is 0 Å². The quantitative estimate of drug-likeness (QED) is 0.104. The number of primary amides is 1. The molecule has 2 heterocycles. The van der Waals surface area contributed by atoms with Crippen molar-refractivity contribution < 1.29 is 24.0 Å². The highest BCUT2D eigenvalue weighted by Crippen LogP contribution is 2.40. The summed E-state index contributed by atoms with van der Waals surface area (Å²) in [5.74, 6) is -2.94. The summed E-state index contributed by atoms with van der Waals surface area (Å²) < 4.78 is 2.05. The Morgan fingerprint density at radius 3 is 1.79 bits per heavy atom. The third kappa shape index (κ3) is 9.84. The van der Waals surface area contributed by atoms with Crippen LogP contribution >= 0.6 is 0 Å². The second-order valence-electron chi connectivity index (χ2n) is 16.2. The van der Waals surface area contributed by atoms with Crippen LogP contribution < -0.4 is 21.7 Å². The third-order valence-corrected chi connectivity index (χ3v) is 11.1. The smallest absolute Gasteiger partial charge is 0.246 e. The molecule has 308 valence electrons. The molecule has 1 aromatic heterocycles. The number of carbonyl (C=O) groups is 5. The van der Waals surface area contributed by atoms with E-state index in [1.807, 2.05) is 102 Å². The van der Waals surface area contributed by atoms with Gasteiger partial charge in [0.25, 0.3) is 0 Å². The molecule has 0 aliphatic carbocycles. The second kappa shape index (κ2) is 19.6. The monoisotopic (exact) mass is 789 g/mol. The Morgan fingerprint density at radius 1 is 0.776 bits per heavy atom. The van der Waals surface area contributed by atoms with Crippen LogP contribution in [0.1, 0.15) is 89.6 Å². The molecule has 5 rings (SSSR count). The van der Waals surface area contributed by atoms with Gasteiger partial charge in [0.05, 0.1) is 12.0 Å². The van der Waals surface area contributed by atoms with E-state index in [-0.39, 0.29) is 42.4 Å². The van der Waals surface area contributed by atoms with Crippen molar-refractivity contribution >= 4 is 29.5 Å². The first-order chi connectivity index (χ1) is 27.8. The Balaban J connectivity index is 1.47. The van der Waals surface area contributed by atoms with Crippen molar-refractivity contribution in [1.82, 2.24) is 30.4 Å². The summed E-state index contributed by atoms with van der Waals surface area (Å²) in [6.45, 7) is 11.6. The molecule has 4 aromatic rings. The van der Waals surface area contributed by atoms with Crippen LogP contribution in [0.5, 0.6) is 0 Å². The van der Waals surface area contributed by atoms with Crippen molar-refractivity contribution in [2.45, 2.75) is 103 Å². The number of nitrogens with one attached hydrogen (secondary N) is 3. The Kier molecular flexibility index (Phi) is 14.6. The van der Waals surface area contributed by atoms with Gasteiger partial charge in [0, 0.05) is 25.6 Å². The number of aromatic nitrogens is 2. The van der Waals surface area contributed by atoms with Gasteiger partial charge in [-0.25, -0.2) is 4.98 Å². The maximum atomic E-state index is 14.4. The van der Waals surface area contributed by atoms with Crippen molar-refractivity contribution in [2.75, 3.05) is 6.54 Å². The third-order valence-electron chi connectivity index (χ3n) is 11.1. The summed E-state index contributed by atoms with van der Waals surface area (Å²) >= 11 is 0. The number of rotatable bonds is 18. The van der Waals surface area contributed by atoms with Crippen molar-refractivity contribution in [1.29, 1.82) is 0 Å². The number of nitrogens with zero attached hydrogens (tertiary/aromatic N) is 3. The molecule has 5 amide bonds. The molecule has 3 aromatic carbocycles. The number of hydrogen-bond donors (Lipinski definition) is 4. The molecule has 1 aliphatic rings. The average Bonchev–Trinajstić information content (AvgIpc) is 3.90. The molecule has 1 saturated heterocycles. The van der Waals surface area contributed by atoms with Crippen molar-refractivity contribution in [3.63, 3.8) is 0 Å². The van der Waals surface area contributed by atoms with E-state index in [0.717, 1.165) is 16.7 Å². The molecular weight excluding hydrogens is 731 g/mol. The van der Waals surface area contributed by atoms with E-state index >= 15 is 0 Å². The topological polar surface area (TPSA) is 169 Å². The van der Waals surface area contributed by atoms with Crippen LogP contribution in [0.2, 0.25) is 0 Å². The molecule has 0 bridgehead atoms. The van der Waals surface area contributed by atoms with Crippen molar-refractivity contribution in [3.05, 3.63) is 126 Å². The average molecular weight is 790 g/mol. The van der Waals surface area contributed by atoms with Crippen LogP contribution in [0, 0.1) is 17.8 Å². The Bertz CT molecular complexity index is 1900. The number of nitrogens with two attached hydrogens (primary N) is 1. The zero-order chi connectivity index (χ0) is 42.0. The SMILES string of the molecule is CC[C@H](C)[C@H](NC(=O)[C@H](Cc1cn(C(c2ccccc2)(c2ccccc2)c2ccccc2)cn1)NC(=O)CC(C)C)C(=O)N[C@H](C(=O)N1CCC[C@H]1C(N)=O)C(C)C. The summed E-state index contributed by atoms with van der Waals surface area (Å²) in [7, 11) is 0. The van der Waals surface area contributed by atoms with Gasteiger partial charge < -0.3 is 31.2 Å². The largest absolute Gasteiger partial charge is 0.368 e. The van der Waals surface area contributed by atoms with Crippen LogP contribution in [-0.4, -0.2) is 74.7 Å². The van der Waals surface area contributed by atoms with Gasteiger partial charge in [-0.2, -0.15) is 0 Å². The predicted octanol–water partition coefficient (Wildman–Crippen LogP) is 4.94. The van der Waals surface area contributed by atoms with Gasteiger partial charge in [-0.15, -0.1) is 0 Å². The minimum atomic E-state index is -1.07. The van der Waals surface area contributed by atoms with Gasteiger partial charge in [-0.1, -0.05) is 139 Å². The molecule has 1 aliphatic heterocycles. The van der Waals surface area contributed by atoms with E-state index in [4.69, 9.17) is 10.7 Å². The van der Waals surface area contributed by atoms with E-state index in [2.05, 4.69) is 56.9 Å². The van der Waals surface area contributed by atoms with Crippen molar-refractivity contribution in [3.8, 4) is 0 Å². The lowest BCUT2D eigenvalue weighted by Crippen LogP contribution is -2.60. The van der Waals surface area contributed by atoms with Crippen LogP contribution in [-0.2, 0) is 35.9 Å². The molecule has 0 saturated carbocycles. The Hall–Kier alpha value is -5.78. The molecule has 0 radical (unpaired) electrons. The second-order valence-corrected chi connectivity index (χ2v) is 16.2. The number of hydrogen-bond acceptors (Lipinski definition) is 6. The van der Waals surface area contributed by atoms with Gasteiger partial charge in [0.2, 0.25) is 29.5 Å². The zero-order valence-corrected chi connectivity index (χ0v) is 34.6. The van der Waals surface area contributed by atoms with Crippen LogP contribution in [0.25, 0.3) is 0 Å². The molecule has 12 nitrogen and oxygen atoms in total. The molecule has 5 atom stereocenters. The van der Waals surface area contributed by atoms with Gasteiger partial charge in [-0.05, 0) is 47.3 Å². The minimum absolute atomic E-state index is 0.0417. The lowest BCUT2D eigenvalue weighted by Gasteiger charge is -2.37. The number of amides is 5. The molecule has 12 heteroatoms. The summed E-state index contributed by atoms with van der Waals surface area (Å²) in [4.78, 5) is 73.9. The normalized spacial score (nSPS) is 16.3. The Morgan fingerprint density at radius 2 is 1.31 bits per heavy atom. The molecule has 5 N–H and O–H groups in total. The number of benzene rings is 3. The van der Waals surface area contributed by atoms with E-state index in [1.54, 1.807) is 6.33 Å². The highest BCUT2D eigenvalue weighted by Gasteiger charge is 2.41. The Labute approximate surface area is 342 Å². The fraction of sp³-hybridized carbons (Fsp3) is 0.435. The molecule has 0 spiro atoms. The lowest BCUT2D eigenvalue weighted by molar-refractivity contribution is -0.142. The van der Waals surface area contributed by atoms with E-state index < -0.39 is 47.4 Å². The fourth-order valence-electron chi connectivity index (χ4n) is 7.90. The maximum Gasteiger partial charge on any atom is 0.246 e. The molecule has 58 heavy (non-hydrogen) atoms. The van der Waals surface area contributed by atoms with Gasteiger partial charge in [-0.3, -0.25) is 24.0 Å². The van der Waals surface area contributed by atoms with Gasteiger partial charge >= 0.3 is 0 Å². The summed E-state index contributed by atoms with van der Waals surface area (Å²) in [6.07, 6.45) is 5.57. The van der Waals surface area contributed by atoms with Crippen LogP contribution in [0.4, 0.5) is 0 Å². The lowest BCUT2D eigenvalue weighted by atomic mass is 9.77. The number of carbonyl (C=O) groups excluding carboxylic acids is 5. The number of imidazole rings is 1. The highest BCUT2D eigenvalue weighted by molar-refractivity contribution is 5.96. The number of likely N-dealkylation sites (tertiary alicyclic amines) is 1. The van der Waals surface area contributed by atoms with Crippen LogP contribution in [0.15, 0.2) is 104 Å². The molecular formula is C46H59N7O5. The fourth-order valence-corrected chi connectivity index (χ4v) is 7.90. The standard InChI is InChI=1S/C46H59N7O5/c1-7-32(6)41(44(57)50-40(31(4)5)45(58)53-25-17-24-38(53)42(47)55)51-43(56)37(49-39(54)26-30(2)3)27-36-28-52(29-48-36)46(33-18-11-8-12-19-33,34-20-13-9-14-21-34)35-22-15-10-16-23-35/h8-16,18-23,28-32,37-38,40-41H,7,17,24-27H2,1-6H3,(H2,47,55)(H,49,54)(H,50,57)(H,51,56)/t32-,37-,38-,40-,41-/m0/s1. The van der Waals surface area contributed by atoms with Crippen molar-refractivity contribution in [2.24, 2.45) is 23.5 Å². The molecule has 0 unspecified atom stereocenters. The first-order valence-electron chi connectivity index (χ1n) is 20.5. The molecule has 1 fully saturated rings. The van der Waals surface area contributed by atoms with Gasteiger partial charge in [0.1, 0.15) is 29.7 Å². The summed E-state index contributed by atoms with van der Waals surface area (Å²) in [6, 6.07) is 26.7. The minimum Gasteiger partial charge on any atom is -0.368 e. The van der Waals surface area contributed by atoms with E-state index in [0.29, 0.717) is 31.5 Å². The van der Waals surface area contributed by atoms with E-state index in [9.17, 15) is 24.0 Å². The van der Waals surface area contributed by atoms with E-state index in [1.165, 1.54) is 4.90 Å². The highest BCUT2D eigenvalue weighted by atomic mass is 16.2. The zero-order valence-electron chi connectivity index (χ0n) is 34.6. The summed E-state index contributed by atoms with van der Waals surface area (Å²) in [5, 5.41) is 8.77. The first kappa shape index (κ1) is 43.3. The van der Waals surface area contributed by atoms with Gasteiger partial charge in [0.15, 0.2) is 0 Å². The first-order valence-corrected chi connectivity index (χ1v) is 20.5.